The summed E-state index contributed by atoms with van der Waals surface area (Å²) in [5, 5.41) is 9.81. The molecule has 3 rings (SSSR count). The average Bonchev–Trinajstić information content (AvgIpc) is 3.07. The number of aliphatic carboxylic acids is 1. The fourth-order valence-electron chi connectivity index (χ4n) is 2.67. The molecule has 4 heteroatoms. The second-order valence-corrected chi connectivity index (χ2v) is 4.68. The number of carboxylic acid groups (broad SMARTS) is 1. The van der Waals surface area contributed by atoms with E-state index in [9.17, 15) is 9.90 Å². The first-order valence-electron chi connectivity index (χ1n) is 6.03. The lowest BCUT2D eigenvalue weighted by molar-refractivity contribution is -0.146. The van der Waals surface area contributed by atoms with Crippen LogP contribution in [0, 0.1) is 5.92 Å². The van der Waals surface area contributed by atoms with Crippen molar-refractivity contribution >= 4 is 5.97 Å². The molecule has 1 unspecified atom stereocenters. The fourth-order valence-corrected chi connectivity index (χ4v) is 2.67. The normalized spacial score (nSPS) is 18.2. The van der Waals surface area contributed by atoms with Crippen LogP contribution in [0.25, 0.3) is 0 Å². The maximum atomic E-state index is 12.0. The molecule has 4 nitrogen and oxygen atoms in total. The molecule has 1 aliphatic rings. The van der Waals surface area contributed by atoms with Gasteiger partial charge in [-0.25, -0.2) is 9.78 Å². The van der Waals surface area contributed by atoms with E-state index >= 15 is 0 Å². The molecule has 18 heavy (non-hydrogen) atoms. The minimum atomic E-state index is -1.00. The molecule has 2 aromatic rings. The van der Waals surface area contributed by atoms with Gasteiger partial charge in [-0.15, -0.1) is 0 Å². The van der Waals surface area contributed by atoms with Crippen molar-refractivity contribution in [1.29, 1.82) is 0 Å². The van der Waals surface area contributed by atoms with E-state index in [2.05, 4.69) is 4.98 Å². The maximum absolute atomic E-state index is 12.0. The van der Waals surface area contributed by atoms with E-state index in [1.807, 2.05) is 30.3 Å². The molecule has 1 N–H and O–H groups in total. The summed E-state index contributed by atoms with van der Waals surface area (Å²) in [7, 11) is 0. The molecule has 1 saturated carbocycles. The molecule has 0 spiro atoms. The molecule has 92 valence electrons. The third-order valence-corrected chi connectivity index (χ3v) is 3.62. The van der Waals surface area contributed by atoms with E-state index in [0.29, 0.717) is 0 Å². The molecule has 0 bridgehead atoms. The Morgan fingerprint density at radius 2 is 2.06 bits per heavy atom. The second-order valence-electron chi connectivity index (χ2n) is 4.68. The minimum absolute atomic E-state index is 0.145. The number of aromatic nitrogens is 2. The van der Waals surface area contributed by atoms with Crippen LogP contribution in [0.3, 0.4) is 0 Å². The van der Waals surface area contributed by atoms with Crippen LogP contribution in [-0.4, -0.2) is 20.6 Å². The summed E-state index contributed by atoms with van der Waals surface area (Å²) >= 11 is 0. The Bertz CT molecular complexity index is 546. The molecule has 1 aromatic carbocycles. The molecule has 0 radical (unpaired) electrons. The van der Waals surface area contributed by atoms with Crippen LogP contribution in [0.5, 0.6) is 0 Å². The van der Waals surface area contributed by atoms with Crippen LogP contribution >= 0.6 is 0 Å². The Morgan fingerprint density at radius 3 is 2.56 bits per heavy atom. The van der Waals surface area contributed by atoms with Crippen molar-refractivity contribution < 1.29 is 9.90 Å². The zero-order valence-electron chi connectivity index (χ0n) is 9.86. The second kappa shape index (κ2) is 3.98. The predicted octanol–water partition coefficient (Wildman–Crippen LogP) is 2.12. The summed E-state index contributed by atoms with van der Waals surface area (Å²) in [5.74, 6) is -0.666. The Morgan fingerprint density at radius 1 is 1.33 bits per heavy atom. The Kier molecular flexibility index (Phi) is 2.44. The number of hydrogen-bond acceptors (Lipinski definition) is 2. The van der Waals surface area contributed by atoms with Crippen LogP contribution in [0.4, 0.5) is 0 Å². The van der Waals surface area contributed by atoms with Gasteiger partial charge in [0.2, 0.25) is 0 Å². The summed E-state index contributed by atoms with van der Waals surface area (Å²) in [6, 6.07) is 9.43. The highest BCUT2D eigenvalue weighted by atomic mass is 16.4. The molecule has 1 heterocycles. The molecule has 1 aliphatic carbocycles. The highest BCUT2D eigenvalue weighted by Gasteiger charge is 2.53. The van der Waals surface area contributed by atoms with Gasteiger partial charge in [0.1, 0.15) is 0 Å². The lowest BCUT2D eigenvalue weighted by atomic mass is 9.84. The first-order chi connectivity index (χ1) is 8.76. The minimum Gasteiger partial charge on any atom is -0.479 e. The first-order valence-corrected chi connectivity index (χ1v) is 6.03. The Balaban J connectivity index is 2.22. The van der Waals surface area contributed by atoms with Crippen molar-refractivity contribution in [2.24, 2.45) is 5.92 Å². The van der Waals surface area contributed by atoms with Crippen LogP contribution in [0.1, 0.15) is 18.4 Å². The van der Waals surface area contributed by atoms with Crippen molar-refractivity contribution in [2.45, 2.75) is 18.4 Å². The van der Waals surface area contributed by atoms with Gasteiger partial charge in [-0.1, -0.05) is 30.3 Å². The van der Waals surface area contributed by atoms with Crippen LogP contribution in [0.2, 0.25) is 0 Å². The van der Waals surface area contributed by atoms with Gasteiger partial charge in [0.25, 0.3) is 0 Å². The lowest BCUT2D eigenvalue weighted by Crippen LogP contribution is -2.44. The Hall–Kier alpha value is -2.10. The van der Waals surface area contributed by atoms with E-state index in [1.165, 1.54) is 0 Å². The molecule has 0 amide bonds. The van der Waals surface area contributed by atoms with Gasteiger partial charge in [-0.05, 0) is 24.3 Å². The van der Waals surface area contributed by atoms with Gasteiger partial charge in [-0.3, -0.25) is 0 Å². The number of imidazole rings is 1. The van der Waals surface area contributed by atoms with Crippen molar-refractivity contribution in [2.75, 3.05) is 0 Å². The van der Waals surface area contributed by atoms with Gasteiger partial charge in [0.15, 0.2) is 5.54 Å². The number of rotatable bonds is 4. The smallest absolute Gasteiger partial charge is 0.334 e. The third kappa shape index (κ3) is 1.45. The number of carbonyl (C=O) groups is 1. The molecular weight excluding hydrogens is 228 g/mol. The van der Waals surface area contributed by atoms with Crippen molar-refractivity contribution in [3.8, 4) is 0 Å². The largest absolute Gasteiger partial charge is 0.479 e. The molecular formula is C14H14N2O2. The molecule has 1 atom stereocenters. The van der Waals surface area contributed by atoms with Crippen molar-refractivity contribution in [3.05, 3.63) is 54.6 Å². The van der Waals surface area contributed by atoms with Crippen LogP contribution < -0.4 is 0 Å². The summed E-state index contributed by atoms with van der Waals surface area (Å²) < 4.78 is 1.72. The van der Waals surface area contributed by atoms with Gasteiger partial charge >= 0.3 is 5.97 Å². The summed E-state index contributed by atoms with van der Waals surface area (Å²) in [5.41, 5.74) is -0.185. The van der Waals surface area contributed by atoms with Crippen LogP contribution in [-0.2, 0) is 10.3 Å². The fraction of sp³-hybridized carbons (Fsp3) is 0.286. The van der Waals surface area contributed by atoms with Crippen LogP contribution in [0.15, 0.2) is 49.1 Å². The highest BCUT2D eigenvalue weighted by Crippen LogP contribution is 2.48. The van der Waals surface area contributed by atoms with Gasteiger partial charge in [-0.2, -0.15) is 0 Å². The zero-order valence-corrected chi connectivity index (χ0v) is 9.86. The van der Waals surface area contributed by atoms with Gasteiger partial charge in [0.05, 0.1) is 6.33 Å². The Labute approximate surface area is 105 Å². The summed E-state index contributed by atoms with van der Waals surface area (Å²) in [6.07, 6.45) is 6.85. The number of carboxylic acids is 1. The predicted molar refractivity (Wildman–Crippen MR) is 66.1 cm³/mol. The topological polar surface area (TPSA) is 55.1 Å². The number of nitrogens with zero attached hydrogens (tertiary/aromatic N) is 2. The maximum Gasteiger partial charge on any atom is 0.334 e. The highest BCUT2D eigenvalue weighted by molar-refractivity contribution is 5.82. The van der Waals surface area contributed by atoms with E-state index in [4.69, 9.17) is 0 Å². The SMILES string of the molecule is O=C(O)C(c1ccccc1)(C1CC1)n1ccnc1. The number of hydrogen-bond donors (Lipinski definition) is 1. The van der Waals surface area contributed by atoms with E-state index in [1.54, 1.807) is 23.3 Å². The van der Waals surface area contributed by atoms with E-state index < -0.39 is 11.5 Å². The lowest BCUT2D eigenvalue weighted by Gasteiger charge is -2.31. The van der Waals surface area contributed by atoms with Gasteiger partial charge in [0, 0.05) is 12.4 Å². The molecule has 0 aliphatic heterocycles. The monoisotopic (exact) mass is 242 g/mol. The van der Waals surface area contributed by atoms with Gasteiger partial charge < -0.3 is 9.67 Å². The first kappa shape index (κ1) is 11.0. The molecule has 0 saturated heterocycles. The van der Waals surface area contributed by atoms with Crippen molar-refractivity contribution in [1.82, 2.24) is 9.55 Å². The van der Waals surface area contributed by atoms with E-state index in [0.717, 1.165) is 18.4 Å². The zero-order chi connectivity index (χ0) is 12.6. The number of benzene rings is 1. The van der Waals surface area contributed by atoms with Crippen molar-refractivity contribution in [3.63, 3.8) is 0 Å². The standard InChI is InChI=1S/C14H14N2O2/c17-13(18)14(12-6-7-12,16-9-8-15-10-16)11-4-2-1-3-5-11/h1-5,8-10,12H,6-7H2,(H,17,18). The molecule has 1 fully saturated rings. The summed E-state index contributed by atoms with van der Waals surface area (Å²) in [4.78, 5) is 16.0. The summed E-state index contributed by atoms with van der Waals surface area (Å²) in [6.45, 7) is 0. The quantitative estimate of drug-likeness (QED) is 0.893. The third-order valence-electron chi connectivity index (χ3n) is 3.62. The average molecular weight is 242 g/mol. The molecule has 1 aromatic heterocycles. The van der Waals surface area contributed by atoms with E-state index in [-0.39, 0.29) is 5.92 Å².